The summed E-state index contributed by atoms with van der Waals surface area (Å²) >= 11 is 0. The highest BCUT2D eigenvalue weighted by atomic mass is 15.3. The lowest BCUT2D eigenvalue weighted by Crippen LogP contribution is -2.45. The molecule has 1 N–H and O–H groups in total. The van der Waals surface area contributed by atoms with Crippen molar-refractivity contribution < 1.29 is 0 Å². The third-order valence-corrected chi connectivity index (χ3v) is 3.37. The molecule has 4 nitrogen and oxygen atoms in total. The summed E-state index contributed by atoms with van der Waals surface area (Å²) in [6, 6.07) is 3.16. The number of nitrogens with zero attached hydrogens (tertiary/aromatic N) is 3. The largest absolute Gasteiger partial charge is 0.297 e. The van der Waals surface area contributed by atoms with Gasteiger partial charge in [-0.2, -0.15) is 10.4 Å². The first-order chi connectivity index (χ1) is 8.04. The summed E-state index contributed by atoms with van der Waals surface area (Å²) in [6.45, 7) is 6.22. The standard InChI is InChI=1S/C13H20N4/c1-10(2)16-13(9-14)5-4-12(6-13)17-8-11(3)7-15-17/h7-8,10,12,16H,4-6H2,1-3H3. The Kier molecular flexibility index (Phi) is 3.21. The zero-order valence-electron chi connectivity index (χ0n) is 10.8. The van der Waals surface area contributed by atoms with Crippen LogP contribution in [-0.2, 0) is 0 Å². The first kappa shape index (κ1) is 12.1. The number of hydrogen-bond acceptors (Lipinski definition) is 3. The molecule has 1 aliphatic carbocycles. The molecule has 1 aliphatic rings. The maximum Gasteiger partial charge on any atom is 0.109 e. The second-order valence-corrected chi connectivity index (χ2v) is 5.39. The van der Waals surface area contributed by atoms with Gasteiger partial charge in [-0.25, -0.2) is 0 Å². The molecular formula is C13H20N4. The molecule has 1 aromatic heterocycles. The summed E-state index contributed by atoms with van der Waals surface area (Å²) in [4.78, 5) is 0. The van der Waals surface area contributed by atoms with E-state index < -0.39 is 0 Å². The maximum atomic E-state index is 9.39. The Morgan fingerprint density at radius 1 is 1.65 bits per heavy atom. The van der Waals surface area contributed by atoms with E-state index in [9.17, 15) is 5.26 Å². The van der Waals surface area contributed by atoms with Crippen molar-refractivity contribution in [3.05, 3.63) is 18.0 Å². The summed E-state index contributed by atoms with van der Waals surface area (Å²) in [6.07, 6.45) is 6.72. The highest BCUT2D eigenvalue weighted by Crippen LogP contribution is 2.37. The molecule has 1 fully saturated rings. The second-order valence-electron chi connectivity index (χ2n) is 5.39. The van der Waals surface area contributed by atoms with Crippen molar-refractivity contribution in [3.8, 4) is 6.07 Å². The van der Waals surface area contributed by atoms with Gasteiger partial charge in [0.05, 0.1) is 18.3 Å². The van der Waals surface area contributed by atoms with E-state index in [1.54, 1.807) is 0 Å². The van der Waals surface area contributed by atoms with Crippen LogP contribution in [0, 0.1) is 18.3 Å². The second kappa shape index (κ2) is 4.50. The quantitative estimate of drug-likeness (QED) is 0.869. The van der Waals surface area contributed by atoms with Crippen LogP contribution >= 0.6 is 0 Å². The van der Waals surface area contributed by atoms with E-state index in [1.165, 1.54) is 5.56 Å². The van der Waals surface area contributed by atoms with Crippen molar-refractivity contribution in [1.82, 2.24) is 15.1 Å². The molecule has 0 bridgehead atoms. The summed E-state index contributed by atoms with van der Waals surface area (Å²) in [5.41, 5.74) is 0.815. The zero-order valence-corrected chi connectivity index (χ0v) is 10.8. The summed E-state index contributed by atoms with van der Waals surface area (Å²) in [5.74, 6) is 0. The molecule has 4 heteroatoms. The minimum absolute atomic E-state index is 0.341. The number of hydrogen-bond donors (Lipinski definition) is 1. The smallest absolute Gasteiger partial charge is 0.109 e. The van der Waals surface area contributed by atoms with Crippen LogP contribution in [0.5, 0.6) is 0 Å². The highest BCUT2D eigenvalue weighted by molar-refractivity contribution is 5.14. The molecule has 1 aromatic rings. The Labute approximate surface area is 103 Å². The van der Waals surface area contributed by atoms with Crippen LogP contribution in [0.4, 0.5) is 0 Å². The van der Waals surface area contributed by atoms with Crippen LogP contribution in [0.25, 0.3) is 0 Å². The maximum absolute atomic E-state index is 9.39. The predicted molar refractivity (Wildman–Crippen MR) is 66.5 cm³/mol. The zero-order chi connectivity index (χ0) is 12.5. The van der Waals surface area contributed by atoms with Crippen LogP contribution < -0.4 is 5.32 Å². The third kappa shape index (κ3) is 2.50. The molecule has 1 saturated carbocycles. The van der Waals surface area contributed by atoms with Gasteiger partial charge in [-0.15, -0.1) is 0 Å². The van der Waals surface area contributed by atoms with Crippen LogP contribution in [0.2, 0.25) is 0 Å². The van der Waals surface area contributed by atoms with E-state index in [-0.39, 0.29) is 5.54 Å². The number of aromatic nitrogens is 2. The predicted octanol–water partition coefficient (Wildman–Crippen LogP) is 2.18. The first-order valence-corrected chi connectivity index (χ1v) is 6.24. The van der Waals surface area contributed by atoms with Crippen LogP contribution in [0.1, 0.15) is 44.7 Å². The molecule has 0 spiro atoms. The van der Waals surface area contributed by atoms with Gasteiger partial charge in [0.15, 0.2) is 0 Å². The fraction of sp³-hybridized carbons (Fsp3) is 0.692. The van der Waals surface area contributed by atoms with Crippen molar-refractivity contribution in [2.24, 2.45) is 0 Å². The first-order valence-electron chi connectivity index (χ1n) is 6.24. The fourth-order valence-corrected chi connectivity index (χ4v) is 2.70. The van der Waals surface area contributed by atoms with Crippen molar-refractivity contribution in [2.75, 3.05) is 0 Å². The van der Waals surface area contributed by atoms with Gasteiger partial charge in [-0.05, 0) is 39.2 Å². The van der Waals surface area contributed by atoms with E-state index in [1.807, 2.05) is 17.8 Å². The fourth-order valence-electron chi connectivity index (χ4n) is 2.70. The summed E-state index contributed by atoms with van der Waals surface area (Å²) in [7, 11) is 0. The Bertz CT molecular complexity index is 429. The molecule has 17 heavy (non-hydrogen) atoms. The molecular weight excluding hydrogens is 212 g/mol. The van der Waals surface area contributed by atoms with Crippen LogP contribution in [0.15, 0.2) is 12.4 Å². The molecule has 0 aromatic carbocycles. The Morgan fingerprint density at radius 2 is 2.41 bits per heavy atom. The number of aryl methyl sites for hydroxylation is 1. The van der Waals surface area contributed by atoms with Gasteiger partial charge in [0.2, 0.25) is 0 Å². The topological polar surface area (TPSA) is 53.6 Å². The van der Waals surface area contributed by atoms with Gasteiger partial charge in [-0.3, -0.25) is 10.00 Å². The van der Waals surface area contributed by atoms with Crippen molar-refractivity contribution in [2.45, 2.75) is 57.7 Å². The number of nitriles is 1. The van der Waals surface area contributed by atoms with Gasteiger partial charge in [0, 0.05) is 18.7 Å². The molecule has 0 aliphatic heterocycles. The Morgan fingerprint density at radius 3 is 2.94 bits per heavy atom. The van der Waals surface area contributed by atoms with Gasteiger partial charge >= 0.3 is 0 Å². The lowest BCUT2D eigenvalue weighted by molar-refractivity contribution is 0.361. The monoisotopic (exact) mass is 232 g/mol. The molecule has 2 unspecified atom stereocenters. The van der Waals surface area contributed by atoms with Gasteiger partial charge in [0.25, 0.3) is 0 Å². The van der Waals surface area contributed by atoms with E-state index >= 15 is 0 Å². The van der Waals surface area contributed by atoms with Crippen molar-refractivity contribution in [3.63, 3.8) is 0 Å². The van der Waals surface area contributed by atoms with E-state index in [2.05, 4.69) is 36.5 Å². The summed E-state index contributed by atoms with van der Waals surface area (Å²) in [5, 5.41) is 17.2. The lowest BCUT2D eigenvalue weighted by atomic mass is 9.98. The molecule has 0 amide bonds. The number of nitrogens with one attached hydrogen (secondary N) is 1. The van der Waals surface area contributed by atoms with Crippen LogP contribution in [0.3, 0.4) is 0 Å². The van der Waals surface area contributed by atoms with Crippen molar-refractivity contribution in [1.29, 1.82) is 5.26 Å². The lowest BCUT2D eigenvalue weighted by Gasteiger charge is -2.25. The van der Waals surface area contributed by atoms with Crippen molar-refractivity contribution >= 4 is 0 Å². The molecule has 2 rings (SSSR count). The third-order valence-electron chi connectivity index (χ3n) is 3.37. The van der Waals surface area contributed by atoms with E-state index in [0.717, 1.165) is 19.3 Å². The van der Waals surface area contributed by atoms with Crippen LogP contribution in [-0.4, -0.2) is 21.4 Å². The van der Waals surface area contributed by atoms with Gasteiger partial charge in [0.1, 0.15) is 5.54 Å². The Balaban J connectivity index is 2.10. The Hall–Kier alpha value is -1.34. The molecule has 0 radical (unpaired) electrons. The highest BCUT2D eigenvalue weighted by Gasteiger charge is 2.40. The minimum atomic E-state index is -0.362. The average Bonchev–Trinajstić information content (AvgIpc) is 2.85. The minimum Gasteiger partial charge on any atom is -0.297 e. The van der Waals surface area contributed by atoms with Gasteiger partial charge in [-0.1, -0.05) is 0 Å². The van der Waals surface area contributed by atoms with Gasteiger partial charge < -0.3 is 0 Å². The molecule has 1 heterocycles. The number of rotatable bonds is 3. The molecule has 2 atom stereocenters. The molecule has 0 saturated heterocycles. The normalized spacial score (nSPS) is 28.5. The SMILES string of the molecule is Cc1cnn(C2CCC(C#N)(NC(C)C)C2)c1. The van der Waals surface area contributed by atoms with E-state index in [0.29, 0.717) is 12.1 Å². The van der Waals surface area contributed by atoms with E-state index in [4.69, 9.17) is 0 Å². The summed E-state index contributed by atoms with van der Waals surface area (Å²) < 4.78 is 2.01. The molecule has 92 valence electrons. The average molecular weight is 232 g/mol.